The molecule has 0 unspecified atom stereocenters. The Kier molecular flexibility index (Phi) is 4.57. The predicted molar refractivity (Wildman–Crippen MR) is 95.5 cm³/mol. The maximum absolute atomic E-state index is 12.5. The lowest BCUT2D eigenvalue weighted by molar-refractivity contribution is -0.122. The predicted octanol–water partition coefficient (Wildman–Crippen LogP) is 4.01. The van der Waals surface area contributed by atoms with E-state index < -0.39 is 0 Å². The van der Waals surface area contributed by atoms with Crippen molar-refractivity contribution in [3.8, 4) is 0 Å². The first-order valence-corrected chi connectivity index (χ1v) is 8.27. The molecule has 23 heavy (non-hydrogen) atoms. The summed E-state index contributed by atoms with van der Waals surface area (Å²) in [5.41, 5.74) is 2.21. The van der Waals surface area contributed by atoms with Gasteiger partial charge in [0.15, 0.2) is 11.0 Å². The standard InChI is InChI=1S/C18H17N3OS/c1-3-21-17(22)15(12-14-9-7-13(2)8-10-14)23-18(21)20-16-6-4-5-11-19-16/h4-12H,3H2,1-2H3/b15-12-,20-18+. The Bertz CT molecular complexity index is 767. The molecule has 2 aromatic rings. The number of aliphatic imine (C=N–C) groups is 1. The Balaban J connectivity index is 1.91. The lowest BCUT2D eigenvalue weighted by Gasteiger charge is -2.11. The Morgan fingerprint density at radius 3 is 2.65 bits per heavy atom. The van der Waals surface area contributed by atoms with Crippen molar-refractivity contribution in [2.45, 2.75) is 13.8 Å². The molecule has 1 amide bonds. The Labute approximate surface area is 140 Å². The summed E-state index contributed by atoms with van der Waals surface area (Å²) in [4.78, 5) is 23.6. The molecule has 1 fully saturated rings. The second-order valence-electron chi connectivity index (χ2n) is 5.15. The Hall–Kier alpha value is -2.40. The highest BCUT2D eigenvalue weighted by Gasteiger charge is 2.32. The molecule has 0 N–H and O–H groups in total. The van der Waals surface area contributed by atoms with E-state index in [2.05, 4.69) is 9.98 Å². The molecule has 1 aliphatic rings. The number of carbonyl (C=O) groups excluding carboxylic acids is 1. The number of pyridine rings is 1. The molecular weight excluding hydrogens is 306 g/mol. The minimum absolute atomic E-state index is 0.00671. The van der Waals surface area contributed by atoms with Gasteiger partial charge in [-0.15, -0.1) is 0 Å². The molecule has 0 radical (unpaired) electrons. The Morgan fingerprint density at radius 2 is 2.00 bits per heavy atom. The molecule has 116 valence electrons. The van der Waals surface area contributed by atoms with E-state index in [4.69, 9.17) is 0 Å². The number of benzene rings is 1. The molecule has 0 bridgehead atoms. The van der Waals surface area contributed by atoms with Crippen molar-refractivity contribution >= 4 is 34.7 Å². The van der Waals surface area contributed by atoms with Crippen LogP contribution in [0.1, 0.15) is 18.1 Å². The number of hydrogen-bond donors (Lipinski definition) is 0. The van der Waals surface area contributed by atoms with Gasteiger partial charge in [0.05, 0.1) is 4.91 Å². The zero-order valence-corrected chi connectivity index (χ0v) is 13.9. The van der Waals surface area contributed by atoms with Crippen LogP contribution in [-0.4, -0.2) is 27.5 Å². The van der Waals surface area contributed by atoms with E-state index in [0.29, 0.717) is 22.4 Å². The molecule has 4 nitrogen and oxygen atoms in total. The zero-order chi connectivity index (χ0) is 16.2. The van der Waals surface area contributed by atoms with Crippen molar-refractivity contribution in [3.63, 3.8) is 0 Å². The second kappa shape index (κ2) is 6.79. The van der Waals surface area contributed by atoms with E-state index in [1.807, 2.05) is 62.4 Å². The number of rotatable bonds is 3. The number of amidine groups is 1. The van der Waals surface area contributed by atoms with Crippen LogP contribution >= 0.6 is 11.8 Å². The van der Waals surface area contributed by atoms with Crippen LogP contribution in [0, 0.1) is 6.92 Å². The highest BCUT2D eigenvalue weighted by molar-refractivity contribution is 8.18. The molecule has 0 spiro atoms. The van der Waals surface area contributed by atoms with Crippen molar-refractivity contribution in [2.24, 2.45) is 4.99 Å². The summed E-state index contributed by atoms with van der Waals surface area (Å²) < 4.78 is 0. The van der Waals surface area contributed by atoms with Gasteiger partial charge in [-0.3, -0.25) is 9.69 Å². The van der Waals surface area contributed by atoms with Gasteiger partial charge in [-0.05, 0) is 49.4 Å². The summed E-state index contributed by atoms with van der Waals surface area (Å²) in [5, 5.41) is 0.676. The van der Waals surface area contributed by atoms with Crippen LogP contribution in [-0.2, 0) is 4.79 Å². The van der Waals surface area contributed by atoms with E-state index in [-0.39, 0.29) is 5.91 Å². The van der Waals surface area contributed by atoms with Crippen molar-refractivity contribution in [3.05, 3.63) is 64.7 Å². The first-order chi connectivity index (χ1) is 11.2. The maximum Gasteiger partial charge on any atom is 0.266 e. The lowest BCUT2D eigenvalue weighted by atomic mass is 10.1. The summed E-state index contributed by atoms with van der Waals surface area (Å²) >= 11 is 1.39. The van der Waals surface area contributed by atoms with Crippen LogP contribution < -0.4 is 0 Å². The van der Waals surface area contributed by atoms with Gasteiger partial charge < -0.3 is 0 Å². The van der Waals surface area contributed by atoms with Crippen molar-refractivity contribution in [1.82, 2.24) is 9.88 Å². The van der Waals surface area contributed by atoms with E-state index >= 15 is 0 Å². The summed E-state index contributed by atoms with van der Waals surface area (Å²) in [6, 6.07) is 13.7. The van der Waals surface area contributed by atoms with E-state index in [1.165, 1.54) is 17.3 Å². The Morgan fingerprint density at radius 1 is 1.22 bits per heavy atom. The minimum Gasteiger partial charge on any atom is -0.287 e. The van der Waals surface area contributed by atoms with Gasteiger partial charge in [0, 0.05) is 12.7 Å². The third-order valence-corrected chi connectivity index (χ3v) is 4.45. The number of aromatic nitrogens is 1. The molecule has 5 heteroatoms. The molecule has 0 aliphatic carbocycles. The fourth-order valence-electron chi connectivity index (χ4n) is 2.20. The molecule has 3 rings (SSSR count). The average Bonchev–Trinajstić information content (AvgIpc) is 2.85. The second-order valence-corrected chi connectivity index (χ2v) is 6.16. The molecule has 0 saturated carbocycles. The van der Waals surface area contributed by atoms with E-state index in [9.17, 15) is 4.79 Å². The smallest absolute Gasteiger partial charge is 0.266 e. The molecular formula is C18H17N3OS. The normalized spacial score (nSPS) is 18.2. The van der Waals surface area contributed by atoms with E-state index in [1.54, 1.807) is 11.1 Å². The first-order valence-electron chi connectivity index (χ1n) is 7.45. The van der Waals surface area contributed by atoms with Crippen LogP contribution in [0.4, 0.5) is 5.82 Å². The first kappa shape index (κ1) is 15.5. The number of aryl methyl sites for hydroxylation is 1. The van der Waals surface area contributed by atoms with Gasteiger partial charge in [-0.25, -0.2) is 9.98 Å². The van der Waals surface area contributed by atoms with Gasteiger partial charge in [0.25, 0.3) is 5.91 Å². The largest absolute Gasteiger partial charge is 0.287 e. The van der Waals surface area contributed by atoms with Crippen LogP contribution in [0.15, 0.2) is 58.6 Å². The zero-order valence-electron chi connectivity index (χ0n) is 13.1. The van der Waals surface area contributed by atoms with Crippen molar-refractivity contribution in [1.29, 1.82) is 0 Å². The monoisotopic (exact) mass is 323 g/mol. The maximum atomic E-state index is 12.5. The van der Waals surface area contributed by atoms with Crippen molar-refractivity contribution in [2.75, 3.05) is 6.54 Å². The summed E-state index contributed by atoms with van der Waals surface area (Å²) in [7, 11) is 0. The number of carbonyl (C=O) groups is 1. The third kappa shape index (κ3) is 3.51. The molecule has 0 atom stereocenters. The van der Waals surface area contributed by atoms with Gasteiger partial charge in [-0.2, -0.15) is 0 Å². The molecule has 1 aliphatic heterocycles. The minimum atomic E-state index is -0.00671. The topological polar surface area (TPSA) is 45.6 Å². The highest BCUT2D eigenvalue weighted by atomic mass is 32.2. The number of nitrogens with zero attached hydrogens (tertiary/aromatic N) is 3. The number of hydrogen-bond acceptors (Lipinski definition) is 4. The van der Waals surface area contributed by atoms with E-state index in [0.717, 1.165) is 5.56 Å². The molecule has 1 aromatic carbocycles. The van der Waals surface area contributed by atoms with Crippen molar-refractivity contribution < 1.29 is 4.79 Å². The highest BCUT2D eigenvalue weighted by Crippen LogP contribution is 2.33. The summed E-state index contributed by atoms with van der Waals surface area (Å²) in [6.07, 6.45) is 3.61. The average molecular weight is 323 g/mol. The summed E-state index contributed by atoms with van der Waals surface area (Å²) in [5.74, 6) is 0.602. The van der Waals surface area contributed by atoms with Crippen LogP contribution in [0.25, 0.3) is 6.08 Å². The SMILES string of the molecule is CCN1C(=O)/C(=C/c2ccc(C)cc2)S/C1=N/c1ccccn1. The van der Waals surface area contributed by atoms with Gasteiger partial charge in [0.1, 0.15) is 0 Å². The van der Waals surface area contributed by atoms with Crippen LogP contribution in [0.3, 0.4) is 0 Å². The number of thioether (sulfide) groups is 1. The summed E-state index contributed by atoms with van der Waals surface area (Å²) in [6.45, 7) is 4.58. The fourth-order valence-corrected chi connectivity index (χ4v) is 3.25. The molecule has 2 heterocycles. The van der Waals surface area contributed by atoms with Crippen LogP contribution in [0.2, 0.25) is 0 Å². The molecule has 1 saturated heterocycles. The quantitative estimate of drug-likeness (QED) is 0.802. The third-order valence-electron chi connectivity index (χ3n) is 3.44. The number of amides is 1. The van der Waals surface area contributed by atoms with Gasteiger partial charge in [-0.1, -0.05) is 35.9 Å². The molecule has 1 aromatic heterocycles. The van der Waals surface area contributed by atoms with Gasteiger partial charge >= 0.3 is 0 Å². The fraction of sp³-hybridized carbons (Fsp3) is 0.167. The van der Waals surface area contributed by atoms with Crippen LogP contribution in [0.5, 0.6) is 0 Å². The van der Waals surface area contributed by atoms with Gasteiger partial charge in [0.2, 0.25) is 0 Å². The number of likely N-dealkylation sites (N-methyl/N-ethyl adjacent to an activating group) is 1. The lowest BCUT2D eigenvalue weighted by Crippen LogP contribution is -2.28.